The fourth-order valence-corrected chi connectivity index (χ4v) is 3.87. The maximum Gasteiger partial charge on any atom is 0.248 e. The summed E-state index contributed by atoms with van der Waals surface area (Å²) in [5, 5.41) is 2.61. The predicted octanol–water partition coefficient (Wildman–Crippen LogP) is 1.83. The molecule has 0 heterocycles. The first-order valence-corrected chi connectivity index (χ1v) is 10.1. The Labute approximate surface area is 164 Å². The summed E-state index contributed by atoms with van der Waals surface area (Å²) in [4.78, 5) is 23.4. The number of nitrogens with one attached hydrogen (secondary N) is 1. The molecule has 3 N–H and O–H groups in total. The van der Waals surface area contributed by atoms with E-state index in [-0.39, 0.29) is 18.0 Å². The highest BCUT2D eigenvalue weighted by Crippen LogP contribution is 2.20. The van der Waals surface area contributed by atoms with Crippen LogP contribution >= 0.6 is 0 Å². The van der Waals surface area contributed by atoms with Crippen LogP contribution in [0.5, 0.6) is 5.75 Å². The van der Waals surface area contributed by atoms with Gasteiger partial charge < -0.3 is 15.8 Å². The van der Waals surface area contributed by atoms with E-state index in [1.807, 2.05) is 6.92 Å². The Balaban J connectivity index is 2.08. The number of anilines is 1. The van der Waals surface area contributed by atoms with Crippen molar-refractivity contribution in [1.29, 1.82) is 0 Å². The number of ether oxygens (including phenoxy) is 1. The fourth-order valence-electron chi connectivity index (χ4n) is 2.47. The number of hydrogen-bond donors (Lipinski definition) is 2. The monoisotopic (exact) mass is 405 g/mol. The number of primary amides is 1. The molecule has 0 radical (unpaired) electrons. The van der Waals surface area contributed by atoms with Gasteiger partial charge in [0.2, 0.25) is 21.8 Å². The van der Waals surface area contributed by atoms with Gasteiger partial charge in [0, 0.05) is 17.8 Å². The van der Waals surface area contributed by atoms with Crippen LogP contribution in [0.3, 0.4) is 0 Å². The Hall–Kier alpha value is -2.91. The molecule has 0 spiro atoms. The van der Waals surface area contributed by atoms with Crippen LogP contribution in [0.1, 0.15) is 24.2 Å². The number of carbonyl (C=O) groups excluding carboxylic acids is 2. The minimum absolute atomic E-state index is 0.0800. The van der Waals surface area contributed by atoms with E-state index in [0.717, 1.165) is 4.31 Å². The molecule has 28 heavy (non-hydrogen) atoms. The maximum absolute atomic E-state index is 12.8. The number of hydrogen-bond acceptors (Lipinski definition) is 5. The van der Waals surface area contributed by atoms with E-state index in [1.54, 1.807) is 19.1 Å². The first-order valence-electron chi connectivity index (χ1n) is 8.70. The zero-order valence-electron chi connectivity index (χ0n) is 15.7. The number of nitrogens with zero attached hydrogens (tertiary/aromatic N) is 1. The van der Waals surface area contributed by atoms with Crippen LogP contribution in [-0.4, -0.2) is 44.2 Å². The maximum atomic E-state index is 12.8. The summed E-state index contributed by atoms with van der Waals surface area (Å²) in [6.07, 6.45) is 0. The van der Waals surface area contributed by atoms with Crippen molar-refractivity contribution in [3.63, 3.8) is 0 Å². The topological polar surface area (TPSA) is 119 Å². The summed E-state index contributed by atoms with van der Waals surface area (Å²) in [6.45, 7) is 3.76. The number of sulfonamides is 1. The van der Waals surface area contributed by atoms with Crippen molar-refractivity contribution >= 4 is 27.5 Å². The lowest BCUT2D eigenvalue weighted by Gasteiger charge is -2.20. The Morgan fingerprint density at radius 2 is 1.64 bits per heavy atom. The number of benzene rings is 2. The van der Waals surface area contributed by atoms with Crippen molar-refractivity contribution in [1.82, 2.24) is 4.31 Å². The van der Waals surface area contributed by atoms with Gasteiger partial charge in [-0.2, -0.15) is 4.31 Å². The number of amides is 2. The third-order valence-corrected chi connectivity index (χ3v) is 5.83. The molecule has 9 heteroatoms. The second-order valence-electron chi connectivity index (χ2n) is 5.83. The van der Waals surface area contributed by atoms with Gasteiger partial charge in [0.15, 0.2) is 0 Å². The molecule has 0 saturated carbocycles. The first-order chi connectivity index (χ1) is 13.3. The highest BCUT2D eigenvalue weighted by molar-refractivity contribution is 7.89. The van der Waals surface area contributed by atoms with E-state index in [2.05, 4.69) is 5.32 Å². The van der Waals surface area contributed by atoms with Crippen LogP contribution in [0.2, 0.25) is 0 Å². The lowest BCUT2D eigenvalue weighted by Crippen LogP contribution is -2.37. The average Bonchev–Trinajstić information content (AvgIpc) is 2.67. The van der Waals surface area contributed by atoms with Gasteiger partial charge in [0.25, 0.3) is 0 Å². The summed E-state index contributed by atoms with van der Waals surface area (Å²) in [5.41, 5.74) is 5.92. The standard InChI is InChI=1S/C19H23N3O5S/c1-3-22(28(25,26)17-11-9-16(10-12-17)27-4-2)13-18(23)21-15-7-5-14(6-8-15)19(20)24/h5-12H,3-4,13H2,1-2H3,(H2,20,24)(H,21,23). The molecule has 0 saturated heterocycles. The Bertz CT molecular complexity index is 925. The molecule has 0 aliphatic rings. The van der Waals surface area contributed by atoms with E-state index >= 15 is 0 Å². The normalized spacial score (nSPS) is 11.2. The summed E-state index contributed by atoms with van der Waals surface area (Å²) < 4.78 is 32.0. The molecular weight excluding hydrogens is 382 g/mol. The van der Waals surface area contributed by atoms with Crippen LogP contribution in [0.25, 0.3) is 0 Å². The minimum Gasteiger partial charge on any atom is -0.494 e. The molecular formula is C19H23N3O5S. The first kappa shape index (κ1) is 21.4. The molecule has 2 aromatic carbocycles. The van der Waals surface area contributed by atoms with Crippen LogP contribution in [0.4, 0.5) is 5.69 Å². The van der Waals surface area contributed by atoms with Crippen molar-refractivity contribution in [2.45, 2.75) is 18.7 Å². The Kier molecular flexibility index (Phi) is 7.13. The SMILES string of the molecule is CCOc1ccc(S(=O)(=O)N(CC)CC(=O)Nc2ccc(C(N)=O)cc2)cc1. The third kappa shape index (κ3) is 5.30. The highest BCUT2D eigenvalue weighted by atomic mass is 32.2. The molecule has 0 aliphatic carbocycles. The van der Waals surface area contributed by atoms with Gasteiger partial charge in [-0.25, -0.2) is 8.42 Å². The number of carbonyl (C=O) groups is 2. The average molecular weight is 405 g/mol. The molecule has 0 fully saturated rings. The van der Waals surface area contributed by atoms with E-state index in [9.17, 15) is 18.0 Å². The second-order valence-corrected chi connectivity index (χ2v) is 7.76. The van der Waals surface area contributed by atoms with Gasteiger partial charge >= 0.3 is 0 Å². The lowest BCUT2D eigenvalue weighted by atomic mass is 10.2. The van der Waals surface area contributed by atoms with Crippen LogP contribution in [0, 0.1) is 0 Å². The molecule has 150 valence electrons. The zero-order chi connectivity index (χ0) is 20.7. The molecule has 2 aromatic rings. The second kappa shape index (κ2) is 9.34. The van der Waals surface area contributed by atoms with Gasteiger partial charge in [0.05, 0.1) is 18.0 Å². The van der Waals surface area contributed by atoms with Crippen molar-refractivity contribution in [3.05, 3.63) is 54.1 Å². The van der Waals surface area contributed by atoms with E-state index in [0.29, 0.717) is 23.6 Å². The predicted molar refractivity (Wildman–Crippen MR) is 106 cm³/mol. The summed E-state index contributed by atoms with van der Waals surface area (Å²) in [7, 11) is -3.83. The minimum atomic E-state index is -3.83. The van der Waals surface area contributed by atoms with Crippen molar-refractivity contribution < 1.29 is 22.7 Å². The van der Waals surface area contributed by atoms with Gasteiger partial charge in [-0.05, 0) is 55.5 Å². The fraction of sp³-hybridized carbons (Fsp3) is 0.263. The number of likely N-dealkylation sites (N-methyl/N-ethyl adjacent to an activating group) is 1. The van der Waals surface area contributed by atoms with Crippen LogP contribution < -0.4 is 15.8 Å². The summed E-state index contributed by atoms with van der Waals surface area (Å²) >= 11 is 0. The molecule has 0 aliphatic heterocycles. The van der Waals surface area contributed by atoms with Gasteiger partial charge in [-0.15, -0.1) is 0 Å². The summed E-state index contributed by atoms with van der Waals surface area (Å²) in [6, 6.07) is 12.0. The van der Waals surface area contributed by atoms with Crippen molar-refractivity contribution in [2.24, 2.45) is 5.73 Å². The Morgan fingerprint density at radius 3 is 2.14 bits per heavy atom. The number of rotatable bonds is 9. The molecule has 2 amide bonds. The van der Waals surface area contributed by atoms with Gasteiger partial charge in [-0.3, -0.25) is 9.59 Å². The smallest absolute Gasteiger partial charge is 0.248 e. The van der Waals surface area contributed by atoms with E-state index < -0.39 is 21.8 Å². The van der Waals surface area contributed by atoms with Crippen LogP contribution in [-0.2, 0) is 14.8 Å². The molecule has 0 aromatic heterocycles. The van der Waals surface area contributed by atoms with Crippen molar-refractivity contribution in [3.8, 4) is 5.75 Å². The zero-order valence-corrected chi connectivity index (χ0v) is 16.5. The highest BCUT2D eigenvalue weighted by Gasteiger charge is 2.25. The lowest BCUT2D eigenvalue weighted by molar-refractivity contribution is -0.116. The number of nitrogens with two attached hydrogens (primary N) is 1. The quantitative estimate of drug-likeness (QED) is 0.660. The largest absolute Gasteiger partial charge is 0.494 e. The Morgan fingerprint density at radius 1 is 1.04 bits per heavy atom. The van der Waals surface area contributed by atoms with Gasteiger partial charge in [0.1, 0.15) is 5.75 Å². The van der Waals surface area contributed by atoms with Crippen molar-refractivity contribution in [2.75, 3.05) is 25.0 Å². The van der Waals surface area contributed by atoms with E-state index in [1.165, 1.54) is 36.4 Å². The molecule has 8 nitrogen and oxygen atoms in total. The van der Waals surface area contributed by atoms with E-state index in [4.69, 9.17) is 10.5 Å². The van der Waals surface area contributed by atoms with Gasteiger partial charge in [-0.1, -0.05) is 6.92 Å². The molecule has 0 bridgehead atoms. The van der Waals surface area contributed by atoms with Crippen LogP contribution in [0.15, 0.2) is 53.4 Å². The molecule has 0 atom stereocenters. The third-order valence-electron chi connectivity index (χ3n) is 3.90. The molecule has 0 unspecified atom stereocenters. The summed E-state index contributed by atoms with van der Waals surface area (Å²) in [5.74, 6) is -0.499. The molecule has 2 rings (SSSR count).